The third kappa shape index (κ3) is 10.7. The topological polar surface area (TPSA) is 80.3 Å². The average molecular weight is 432 g/mol. The Balaban J connectivity index is 0. The number of carboxylic acid groups (broad SMARTS) is 2. The summed E-state index contributed by atoms with van der Waals surface area (Å²) in [5.41, 5.74) is 0. The third-order valence-corrected chi connectivity index (χ3v) is 4.38. The Morgan fingerprint density at radius 2 is 0.818 bits per heavy atom. The molecular weight excluding hydrogens is 406 g/mol. The van der Waals surface area contributed by atoms with Crippen molar-refractivity contribution in [3.63, 3.8) is 0 Å². The standard InChI is InChI=1S/2C8H14O2.BrH.Ga/c2*9-8(10)7-5-3-1-2-4-6-7;;/h2*7H,1-6H2,(H,9,10);1H;/q;;;+3/p-3. The number of hydrogen-bond acceptors (Lipinski definition) is 4. The molecule has 4 nitrogen and oxygen atoms in total. The van der Waals surface area contributed by atoms with E-state index in [1.54, 1.807) is 0 Å². The molecule has 0 amide bonds. The van der Waals surface area contributed by atoms with Crippen molar-refractivity contribution in [2.45, 2.75) is 77.0 Å². The van der Waals surface area contributed by atoms with Crippen LogP contribution in [0.1, 0.15) is 77.0 Å². The molecule has 0 spiro atoms. The van der Waals surface area contributed by atoms with Crippen LogP contribution in [0, 0.1) is 11.8 Å². The Bertz CT molecular complexity index is 267. The van der Waals surface area contributed by atoms with E-state index in [9.17, 15) is 19.8 Å². The van der Waals surface area contributed by atoms with Gasteiger partial charge in [-0.05, 0) is 37.5 Å². The van der Waals surface area contributed by atoms with Gasteiger partial charge in [0.05, 0.1) is 0 Å². The summed E-state index contributed by atoms with van der Waals surface area (Å²) in [6.45, 7) is 0. The van der Waals surface area contributed by atoms with E-state index in [0.29, 0.717) is 0 Å². The van der Waals surface area contributed by atoms with Crippen LogP contribution in [-0.4, -0.2) is 31.7 Å². The second-order valence-corrected chi connectivity index (χ2v) is 6.02. The first-order chi connectivity index (χ1) is 9.61. The summed E-state index contributed by atoms with van der Waals surface area (Å²) in [6.07, 6.45) is 12.4. The van der Waals surface area contributed by atoms with Gasteiger partial charge in [0.25, 0.3) is 0 Å². The van der Waals surface area contributed by atoms with Crippen LogP contribution < -0.4 is 27.2 Å². The molecule has 0 aliphatic heterocycles. The van der Waals surface area contributed by atoms with Crippen LogP contribution in [0.3, 0.4) is 0 Å². The van der Waals surface area contributed by atoms with Crippen molar-refractivity contribution in [1.29, 1.82) is 0 Å². The molecule has 2 rings (SSSR count). The zero-order valence-corrected chi connectivity index (χ0v) is 17.2. The van der Waals surface area contributed by atoms with Gasteiger partial charge in [-0.25, -0.2) is 0 Å². The second kappa shape index (κ2) is 14.6. The number of aliphatic carboxylic acids is 2. The van der Waals surface area contributed by atoms with E-state index in [-0.39, 0.29) is 48.6 Å². The first kappa shape index (κ1) is 24.3. The SMILES string of the molecule is O=C([O-])C1CCCCCC1.O=C([O-])C1CCCCCC1.[Br-].[Ga+3]. The van der Waals surface area contributed by atoms with Crippen LogP contribution in [0.15, 0.2) is 0 Å². The summed E-state index contributed by atoms with van der Waals surface area (Å²) in [4.78, 5) is 20.8. The normalized spacial score (nSPS) is 20.0. The monoisotopic (exact) mass is 430 g/mol. The molecular formula is C16H26BrGaO4. The van der Waals surface area contributed by atoms with Gasteiger partial charge in [0, 0.05) is 11.9 Å². The number of rotatable bonds is 2. The average Bonchev–Trinajstić information content (AvgIpc) is 2.84. The Hall–Kier alpha value is 0.0564. The largest absolute Gasteiger partial charge is 3.00 e. The molecule has 0 saturated heterocycles. The van der Waals surface area contributed by atoms with Gasteiger partial charge < -0.3 is 36.8 Å². The first-order valence-electron chi connectivity index (χ1n) is 8.03. The maximum atomic E-state index is 10.4. The minimum absolute atomic E-state index is 0. The van der Waals surface area contributed by atoms with Crippen molar-refractivity contribution >= 4 is 31.7 Å². The van der Waals surface area contributed by atoms with Crippen molar-refractivity contribution in [1.82, 2.24) is 0 Å². The van der Waals surface area contributed by atoms with E-state index in [0.717, 1.165) is 51.4 Å². The minimum atomic E-state index is -0.845. The zero-order chi connectivity index (χ0) is 14.8. The van der Waals surface area contributed by atoms with Crippen LogP contribution >= 0.6 is 0 Å². The molecule has 0 aromatic rings. The van der Waals surface area contributed by atoms with E-state index in [2.05, 4.69) is 0 Å². The molecule has 0 radical (unpaired) electrons. The number of halogens is 1. The van der Waals surface area contributed by atoms with Crippen molar-refractivity contribution in [2.75, 3.05) is 0 Å². The first-order valence-corrected chi connectivity index (χ1v) is 8.03. The Morgan fingerprint density at radius 1 is 0.591 bits per heavy atom. The fourth-order valence-corrected chi connectivity index (χ4v) is 3.03. The van der Waals surface area contributed by atoms with Gasteiger partial charge in [-0.15, -0.1) is 0 Å². The molecule has 0 aromatic carbocycles. The molecule has 2 aliphatic rings. The molecule has 0 atom stereocenters. The van der Waals surface area contributed by atoms with E-state index in [1.807, 2.05) is 0 Å². The Morgan fingerprint density at radius 3 is 1.00 bits per heavy atom. The van der Waals surface area contributed by atoms with Gasteiger partial charge in [0.1, 0.15) is 0 Å². The summed E-state index contributed by atoms with van der Waals surface area (Å²) in [7, 11) is 0. The van der Waals surface area contributed by atoms with Crippen LogP contribution in [0.4, 0.5) is 0 Å². The molecule has 0 unspecified atom stereocenters. The number of carbonyl (C=O) groups excluding carboxylic acids is 2. The molecule has 6 heteroatoms. The predicted molar refractivity (Wildman–Crippen MR) is 78.2 cm³/mol. The fraction of sp³-hybridized carbons (Fsp3) is 0.875. The molecule has 2 aliphatic carbocycles. The number of carbonyl (C=O) groups is 2. The van der Waals surface area contributed by atoms with Crippen LogP contribution in [0.2, 0.25) is 0 Å². The summed E-state index contributed by atoms with van der Waals surface area (Å²) < 4.78 is 0. The molecule has 0 aromatic heterocycles. The van der Waals surface area contributed by atoms with Crippen molar-refractivity contribution < 1.29 is 36.8 Å². The summed E-state index contributed by atoms with van der Waals surface area (Å²) in [6, 6.07) is 0. The van der Waals surface area contributed by atoms with E-state index in [1.165, 1.54) is 25.7 Å². The van der Waals surface area contributed by atoms with Crippen LogP contribution in [-0.2, 0) is 9.59 Å². The molecule has 0 heterocycles. The quantitative estimate of drug-likeness (QED) is 0.375. The second-order valence-electron chi connectivity index (χ2n) is 6.02. The van der Waals surface area contributed by atoms with E-state index < -0.39 is 11.9 Å². The molecule has 0 bridgehead atoms. The smallest absolute Gasteiger partial charge is 1.00 e. The van der Waals surface area contributed by atoms with Gasteiger partial charge in [-0.1, -0.05) is 51.4 Å². The van der Waals surface area contributed by atoms with Crippen molar-refractivity contribution in [3.8, 4) is 0 Å². The maximum Gasteiger partial charge on any atom is 3.00 e. The molecule has 22 heavy (non-hydrogen) atoms. The molecule has 2 saturated carbocycles. The van der Waals surface area contributed by atoms with Gasteiger partial charge in [-0.3, -0.25) is 0 Å². The Labute approximate surface area is 157 Å². The minimum Gasteiger partial charge on any atom is -1.00 e. The number of carboxylic acids is 2. The molecule has 124 valence electrons. The molecule has 0 N–H and O–H groups in total. The van der Waals surface area contributed by atoms with Gasteiger partial charge >= 0.3 is 19.8 Å². The predicted octanol–water partition coefficient (Wildman–Crippen LogP) is -1.96. The van der Waals surface area contributed by atoms with E-state index in [4.69, 9.17) is 0 Å². The molecule has 2 fully saturated rings. The van der Waals surface area contributed by atoms with Crippen molar-refractivity contribution in [3.05, 3.63) is 0 Å². The maximum absolute atomic E-state index is 10.4. The fourth-order valence-electron chi connectivity index (χ4n) is 3.03. The van der Waals surface area contributed by atoms with Crippen LogP contribution in [0.5, 0.6) is 0 Å². The van der Waals surface area contributed by atoms with Crippen molar-refractivity contribution in [2.24, 2.45) is 11.8 Å². The third-order valence-electron chi connectivity index (χ3n) is 4.38. The van der Waals surface area contributed by atoms with Gasteiger partial charge in [0.2, 0.25) is 0 Å². The van der Waals surface area contributed by atoms with Gasteiger partial charge in [-0.2, -0.15) is 0 Å². The zero-order valence-electron chi connectivity index (χ0n) is 13.2. The van der Waals surface area contributed by atoms with Gasteiger partial charge in [0.15, 0.2) is 0 Å². The number of hydrogen-bond donors (Lipinski definition) is 0. The summed E-state index contributed by atoms with van der Waals surface area (Å²) >= 11 is 0. The van der Waals surface area contributed by atoms with Crippen LogP contribution in [0.25, 0.3) is 0 Å². The summed E-state index contributed by atoms with van der Waals surface area (Å²) in [5, 5.41) is 20.8. The Kier molecular flexibility index (Phi) is 16.2. The van der Waals surface area contributed by atoms with E-state index >= 15 is 0 Å². The summed E-state index contributed by atoms with van der Waals surface area (Å²) in [5.74, 6) is -1.99.